The molecule has 0 saturated heterocycles. The van der Waals surface area contributed by atoms with Crippen molar-refractivity contribution < 1.29 is 9.90 Å². The molecule has 0 aliphatic carbocycles. The highest BCUT2D eigenvalue weighted by molar-refractivity contribution is 5.93. The lowest BCUT2D eigenvalue weighted by Crippen LogP contribution is -2.30. The first kappa shape index (κ1) is 21.6. The Morgan fingerprint density at radius 3 is 2.46 bits per heavy atom. The first-order valence-corrected chi connectivity index (χ1v) is 9.53. The Balaban J connectivity index is 2.33. The fraction of sp³-hybridized carbons (Fsp3) is 0.500. The first-order chi connectivity index (χ1) is 13.2. The van der Waals surface area contributed by atoms with Crippen LogP contribution in [-0.4, -0.2) is 38.8 Å². The largest absolute Gasteiger partial charge is 0.476 e. The van der Waals surface area contributed by atoms with Gasteiger partial charge in [-0.1, -0.05) is 33.8 Å². The van der Waals surface area contributed by atoms with Crippen LogP contribution in [0.2, 0.25) is 0 Å². The van der Waals surface area contributed by atoms with Crippen LogP contribution < -0.4 is 16.4 Å². The van der Waals surface area contributed by atoms with Crippen LogP contribution in [0.3, 0.4) is 0 Å². The highest BCUT2D eigenvalue weighted by Crippen LogP contribution is 2.24. The maximum atomic E-state index is 11.6. The number of aromatic carboxylic acids is 1. The fourth-order valence-corrected chi connectivity index (χ4v) is 3.04. The molecule has 0 aliphatic rings. The Hall–Kier alpha value is -2.74. The second kappa shape index (κ2) is 9.45. The average Bonchev–Trinajstić information content (AvgIpc) is 2.62. The number of aromatic nitrogens is 3. The molecule has 0 bridgehead atoms. The van der Waals surface area contributed by atoms with E-state index in [-0.39, 0.29) is 17.7 Å². The second-order valence-electron chi connectivity index (χ2n) is 7.68. The summed E-state index contributed by atoms with van der Waals surface area (Å²) >= 11 is 0. The highest BCUT2D eigenvalue weighted by Gasteiger charge is 2.17. The number of carboxylic acids is 1. The minimum absolute atomic E-state index is 0.0304. The number of nitrogens with zero attached hydrogens (tertiary/aromatic N) is 3. The molecular formula is C20H30N6O2. The summed E-state index contributed by atoms with van der Waals surface area (Å²) in [5.74, 6) is 0.606. The van der Waals surface area contributed by atoms with E-state index in [0.717, 1.165) is 17.7 Å². The van der Waals surface area contributed by atoms with Gasteiger partial charge in [0.2, 0.25) is 0 Å². The lowest BCUT2D eigenvalue weighted by molar-refractivity contribution is 0.0690. The van der Waals surface area contributed by atoms with Crippen molar-refractivity contribution >= 4 is 23.3 Å². The minimum Gasteiger partial charge on any atom is -0.476 e. The quantitative estimate of drug-likeness (QED) is 0.515. The maximum Gasteiger partial charge on any atom is 0.358 e. The van der Waals surface area contributed by atoms with E-state index in [2.05, 4.69) is 53.5 Å². The molecule has 2 aromatic heterocycles. The van der Waals surface area contributed by atoms with Gasteiger partial charge < -0.3 is 21.5 Å². The molecule has 0 spiro atoms. The van der Waals surface area contributed by atoms with Gasteiger partial charge in [-0.25, -0.2) is 9.78 Å². The third-order valence-corrected chi connectivity index (χ3v) is 4.33. The summed E-state index contributed by atoms with van der Waals surface area (Å²) in [6.45, 7) is 10.8. The van der Waals surface area contributed by atoms with Crippen molar-refractivity contribution in [1.29, 1.82) is 0 Å². The van der Waals surface area contributed by atoms with E-state index in [4.69, 9.17) is 5.73 Å². The molecule has 1 atom stereocenters. The Morgan fingerprint density at radius 2 is 1.89 bits per heavy atom. The third-order valence-electron chi connectivity index (χ3n) is 4.33. The summed E-state index contributed by atoms with van der Waals surface area (Å²) in [5.41, 5.74) is 8.06. The molecule has 0 saturated carbocycles. The smallest absolute Gasteiger partial charge is 0.358 e. The number of pyridine rings is 1. The van der Waals surface area contributed by atoms with Crippen molar-refractivity contribution in [3.8, 4) is 0 Å². The molecule has 28 heavy (non-hydrogen) atoms. The molecule has 0 aliphatic heterocycles. The van der Waals surface area contributed by atoms with Crippen LogP contribution in [0, 0.1) is 12.8 Å². The standard InChI is InChI=1S/C20H30N6O2/c1-11(2)8-14(10-21)22-17-9-15(19(20(27)28)26-25-17)23-16-7-6-13(5)18(24-16)12(3)4/h6-7,9,11-12,14H,8,10,21H2,1-5H3,(H,27,28)(H2,22,23,24,25). The molecule has 1 unspecified atom stereocenters. The van der Waals surface area contributed by atoms with E-state index in [9.17, 15) is 9.90 Å². The summed E-state index contributed by atoms with van der Waals surface area (Å²) < 4.78 is 0. The monoisotopic (exact) mass is 386 g/mol. The number of rotatable bonds is 9. The summed E-state index contributed by atoms with van der Waals surface area (Å²) in [7, 11) is 0. The Kier molecular flexibility index (Phi) is 7.28. The maximum absolute atomic E-state index is 11.6. The molecule has 8 nitrogen and oxygen atoms in total. The number of anilines is 3. The van der Waals surface area contributed by atoms with Gasteiger partial charge in [-0.2, -0.15) is 0 Å². The number of carboxylic acid groups (broad SMARTS) is 1. The van der Waals surface area contributed by atoms with Crippen molar-refractivity contribution in [2.75, 3.05) is 17.2 Å². The van der Waals surface area contributed by atoms with Crippen LogP contribution in [0.4, 0.5) is 17.3 Å². The molecule has 0 radical (unpaired) electrons. The summed E-state index contributed by atoms with van der Waals surface area (Å²) in [6.07, 6.45) is 0.874. The number of carbonyl (C=O) groups is 1. The van der Waals surface area contributed by atoms with E-state index in [1.165, 1.54) is 0 Å². The van der Waals surface area contributed by atoms with Crippen LogP contribution >= 0.6 is 0 Å². The lowest BCUT2D eigenvalue weighted by Gasteiger charge is -2.20. The van der Waals surface area contributed by atoms with Crippen LogP contribution in [0.15, 0.2) is 18.2 Å². The van der Waals surface area contributed by atoms with Gasteiger partial charge in [-0.05, 0) is 36.8 Å². The van der Waals surface area contributed by atoms with Gasteiger partial charge in [-0.15, -0.1) is 10.2 Å². The van der Waals surface area contributed by atoms with Gasteiger partial charge >= 0.3 is 5.97 Å². The van der Waals surface area contributed by atoms with Gasteiger partial charge in [0.1, 0.15) is 5.82 Å². The fourth-order valence-electron chi connectivity index (χ4n) is 3.04. The minimum atomic E-state index is -1.16. The van der Waals surface area contributed by atoms with Gasteiger partial charge in [0, 0.05) is 24.3 Å². The van der Waals surface area contributed by atoms with Gasteiger partial charge in [0.15, 0.2) is 11.5 Å². The van der Waals surface area contributed by atoms with E-state index < -0.39 is 5.97 Å². The predicted molar refractivity (Wildman–Crippen MR) is 111 cm³/mol. The van der Waals surface area contributed by atoms with Crippen molar-refractivity contribution in [2.24, 2.45) is 11.7 Å². The first-order valence-electron chi connectivity index (χ1n) is 9.53. The Morgan fingerprint density at radius 1 is 1.18 bits per heavy atom. The molecule has 5 N–H and O–H groups in total. The molecule has 2 aromatic rings. The number of nitrogens with two attached hydrogens (primary N) is 1. The summed E-state index contributed by atoms with van der Waals surface area (Å²) in [5, 5.41) is 23.7. The van der Waals surface area contributed by atoms with Crippen LogP contribution in [0.5, 0.6) is 0 Å². The lowest BCUT2D eigenvalue weighted by atomic mass is 10.0. The normalized spacial score (nSPS) is 12.3. The second-order valence-corrected chi connectivity index (χ2v) is 7.68. The van der Waals surface area contributed by atoms with Gasteiger partial charge in [0.05, 0.1) is 5.69 Å². The molecule has 0 amide bonds. The predicted octanol–water partition coefficient (Wildman–Crippen LogP) is 3.53. The molecule has 152 valence electrons. The Bertz CT molecular complexity index is 822. The van der Waals surface area contributed by atoms with Gasteiger partial charge in [0.25, 0.3) is 0 Å². The molecule has 2 heterocycles. The molecule has 8 heteroatoms. The summed E-state index contributed by atoms with van der Waals surface area (Å²) in [6, 6.07) is 5.45. The van der Waals surface area contributed by atoms with Crippen LogP contribution in [0.25, 0.3) is 0 Å². The van der Waals surface area contributed by atoms with Crippen molar-refractivity contribution in [2.45, 2.75) is 53.0 Å². The number of hydrogen-bond donors (Lipinski definition) is 4. The zero-order valence-corrected chi connectivity index (χ0v) is 17.2. The van der Waals surface area contributed by atoms with E-state index in [0.29, 0.717) is 29.8 Å². The SMILES string of the molecule is Cc1ccc(Nc2cc(NC(CN)CC(C)C)nnc2C(=O)O)nc1C(C)C. The van der Waals surface area contributed by atoms with Crippen LogP contribution in [-0.2, 0) is 0 Å². The highest BCUT2D eigenvalue weighted by atomic mass is 16.4. The number of aryl methyl sites for hydroxylation is 1. The topological polar surface area (TPSA) is 126 Å². The zero-order valence-electron chi connectivity index (χ0n) is 17.2. The van der Waals surface area contributed by atoms with Crippen molar-refractivity contribution in [3.63, 3.8) is 0 Å². The van der Waals surface area contributed by atoms with Crippen LogP contribution in [0.1, 0.15) is 61.8 Å². The summed E-state index contributed by atoms with van der Waals surface area (Å²) in [4.78, 5) is 16.2. The van der Waals surface area contributed by atoms with Crippen molar-refractivity contribution in [3.05, 3.63) is 35.2 Å². The van der Waals surface area contributed by atoms with E-state index in [1.807, 2.05) is 19.1 Å². The third kappa shape index (κ3) is 5.63. The average molecular weight is 387 g/mol. The molecule has 0 aromatic carbocycles. The van der Waals surface area contributed by atoms with Gasteiger partial charge in [-0.3, -0.25) is 0 Å². The number of hydrogen-bond acceptors (Lipinski definition) is 7. The molecular weight excluding hydrogens is 356 g/mol. The molecule has 2 rings (SSSR count). The van der Waals surface area contributed by atoms with Crippen molar-refractivity contribution in [1.82, 2.24) is 15.2 Å². The van der Waals surface area contributed by atoms with E-state index in [1.54, 1.807) is 6.07 Å². The Labute approximate surface area is 166 Å². The molecule has 0 fully saturated rings. The number of nitrogens with one attached hydrogen (secondary N) is 2. The zero-order chi connectivity index (χ0) is 20.8. The van der Waals surface area contributed by atoms with E-state index >= 15 is 0 Å².